The summed E-state index contributed by atoms with van der Waals surface area (Å²) in [5.41, 5.74) is 1.75. The molecule has 0 aromatic carbocycles. The molecule has 64 valence electrons. The highest BCUT2D eigenvalue weighted by molar-refractivity contribution is 5.55. The second kappa shape index (κ2) is 3.18. The van der Waals surface area contributed by atoms with Gasteiger partial charge in [-0.1, -0.05) is 6.58 Å². The van der Waals surface area contributed by atoms with Crippen molar-refractivity contribution in [3.63, 3.8) is 0 Å². The van der Waals surface area contributed by atoms with Crippen LogP contribution in [0.4, 0.5) is 0 Å². The number of nitrogens with zero attached hydrogens (tertiary/aromatic N) is 4. The standard InChI is InChI=1S/C9H8N4/c1-2-13-11-7-9(12-13)8-4-3-5-10-6-8/h2-7H,1H2. The van der Waals surface area contributed by atoms with Crippen molar-refractivity contribution in [1.82, 2.24) is 20.0 Å². The third-order valence-electron chi connectivity index (χ3n) is 1.63. The lowest BCUT2D eigenvalue weighted by Crippen LogP contribution is -1.89. The SMILES string of the molecule is C=Cn1ncc(-c2cccnc2)n1. The van der Waals surface area contributed by atoms with Gasteiger partial charge in [0, 0.05) is 24.2 Å². The molecule has 0 saturated heterocycles. The molecule has 0 fully saturated rings. The van der Waals surface area contributed by atoms with Crippen LogP contribution in [0.2, 0.25) is 0 Å². The van der Waals surface area contributed by atoms with Crippen molar-refractivity contribution in [1.29, 1.82) is 0 Å². The Hall–Kier alpha value is -1.97. The Morgan fingerprint density at radius 3 is 2.92 bits per heavy atom. The van der Waals surface area contributed by atoms with E-state index in [0.29, 0.717) is 0 Å². The molecule has 0 aliphatic rings. The fourth-order valence-corrected chi connectivity index (χ4v) is 1.01. The summed E-state index contributed by atoms with van der Waals surface area (Å²) in [5.74, 6) is 0. The van der Waals surface area contributed by atoms with Gasteiger partial charge < -0.3 is 0 Å². The predicted molar refractivity (Wildman–Crippen MR) is 49.6 cm³/mol. The molecular formula is C9H8N4. The van der Waals surface area contributed by atoms with Gasteiger partial charge in [0.1, 0.15) is 5.69 Å². The lowest BCUT2D eigenvalue weighted by Gasteiger charge is -1.91. The molecule has 0 unspecified atom stereocenters. The zero-order chi connectivity index (χ0) is 9.10. The van der Waals surface area contributed by atoms with E-state index >= 15 is 0 Å². The molecule has 0 aliphatic carbocycles. The molecule has 2 aromatic rings. The number of hydrogen-bond donors (Lipinski definition) is 0. The van der Waals surface area contributed by atoms with Crippen LogP contribution in [0.3, 0.4) is 0 Å². The van der Waals surface area contributed by atoms with E-state index in [1.807, 2.05) is 12.1 Å². The minimum atomic E-state index is 0.799. The lowest BCUT2D eigenvalue weighted by molar-refractivity contribution is 0.799. The van der Waals surface area contributed by atoms with E-state index < -0.39 is 0 Å². The van der Waals surface area contributed by atoms with Gasteiger partial charge in [0.05, 0.1) is 6.20 Å². The van der Waals surface area contributed by atoms with Crippen molar-refractivity contribution in [2.24, 2.45) is 0 Å². The quantitative estimate of drug-likeness (QED) is 0.688. The molecule has 4 nitrogen and oxygen atoms in total. The van der Waals surface area contributed by atoms with E-state index in [4.69, 9.17) is 0 Å². The highest BCUT2D eigenvalue weighted by atomic mass is 15.5. The maximum absolute atomic E-state index is 4.15. The molecule has 13 heavy (non-hydrogen) atoms. The van der Waals surface area contributed by atoms with E-state index in [1.165, 1.54) is 4.80 Å². The summed E-state index contributed by atoms with van der Waals surface area (Å²) >= 11 is 0. The highest BCUT2D eigenvalue weighted by Gasteiger charge is 2.00. The largest absolute Gasteiger partial charge is 0.264 e. The molecular weight excluding hydrogens is 164 g/mol. The van der Waals surface area contributed by atoms with E-state index in [2.05, 4.69) is 21.8 Å². The molecule has 0 N–H and O–H groups in total. The number of pyridine rings is 1. The van der Waals surface area contributed by atoms with Crippen molar-refractivity contribution in [2.45, 2.75) is 0 Å². The average Bonchev–Trinajstić information content (AvgIpc) is 2.67. The van der Waals surface area contributed by atoms with Crippen LogP contribution in [-0.4, -0.2) is 20.0 Å². The minimum Gasteiger partial charge on any atom is -0.264 e. The van der Waals surface area contributed by atoms with Gasteiger partial charge in [0.25, 0.3) is 0 Å². The van der Waals surface area contributed by atoms with Gasteiger partial charge in [0.2, 0.25) is 0 Å². The van der Waals surface area contributed by atoms with Gasteiger partial charge >= 0.3 is 0 Å². The summed E-state index contributed by atoms with van der Waals surface area (Å²) in [6.45, 7) is 3.56. The van der Waals surface area contributed by atoms with E-state index in [9.17, 15) is 0 Å². The Bertz CT molecular complexity index is 405. The number of hydrogen-bond acceptors (Lipinski definition) is 3. The number of rotatable bonds is 2. The van der Waals surface area contributed by atoms with Crippen molar-refractivity contribution in [3.05, 3.63) is 37.3 Å². The first kappa shape index (κ1) is 7.67. The second-order valence-corrected chi connectivity index (χ2v) is 2.47. The zero-order valence-electron chi connectivity index (χ0n) is 6.96. The monoisotopic (exact) mass is 172 g/mol. The first-order valence-corrected chi connectivity index (χ1v) is 3.85. The Morgan fingerprint density at radius 1 is 1.38 bits per heavy atom. The molecule has 2 heterocycles. The topological polar surface area (TPSA) is 43.6 Å². The van der Waals surface area contributed by atoms with Crippen LogP contribution in [-0.2, 0) is 0 Å². The maximum Gasteiger partial charge on any atom is 0.115 e. The van der Waals surface area contributed by atoms with Crippen LogP contribution >= 0.6 is 0 Å². The van der Waals surface area contributed by atoms with Crippen LogP contribution in [0, 0.1) is 0 Å². The highest BCUT2D eigenvalue weighted by Crippen LogP contribution is 2.12. The summed E-state index contributed by atoms with van der Waals surface area (Å²) in [7, 11) is 0. The van der Waals surface area contributed by atoms with E-state index in [-0.39, 0.29) is 0 Å². The van der Waals surface area contributed by atoms with Gasteiger partial charge in [-0.2, -0.15) is 9.90 Å². The van der Waals surface area contributed by atoms with Gasteiger partial charge in [-0.3, -0.25) is 4.98 Å². The fraction of sp³-hybridized carbons (Fsp3) is 0. The minimum absolute atomic E-state index is 0.799. The Labute approximate surface area is 75.5 Å². The summed E-state index contributed by atoms with van der Waals surface area (Å²) in [5, 5.41) is 8.12. The van der Waals surface area contributed by atoms with Gasteiger partial charge in [-0.05, 0) is 12.1 Å². The van der Waals surface area contributed by atoms with Crippen LogP contribution < -0.4 is 0 Å². The first-order valence-electron chi connectivity index (χ1n) is 3.85. The molecule has 0 bridgehead atoms. The summed E-state index contributed by atoms with van der Waals surface area (Å²) < 4.78 is 0. The van der Waals surface area contributed by atoms with Crippen LogP contribution in [0.1, 0.15) is 0 Å². The van der Waals surface area contributed by atoms with Gasteiger partial charge in [-0.15, -0.1) is 5.10 Å². The normalized spacial score (nSPS) is 9.85. The molecule has 0 spiro atoms. The third-order valence-corrected chi connectivity index (χ3v) is 1.63. The Balaban J connectivity index is 2.41. The molecule has 0 saturated carbocycles. The van der Waals surface area contributed by atoms with Crippen LogP contribution in [0.5, 0.6) is 0 Å². The molecule has 4 heteroatoms. The fourth-order valence-electron chi connectivity index (χ4n) is 1.01. The Morgan fingerprint density at radius 2 is 2.31 bits per heavy atom. The average molecular weight is 172 g/mol. The first-order chi connectivity index (χ1) is 6.40. The molecule has 2 aromatic heterocycles. The zero-order valence-corrected chi connectivity index (χ0v) is 6.96. The molecule has 0 amide bonds. The molecule has 2 rings (SSSR count). The maximum atomic E-state index is 4.15. The Kier molecular flexibility index (Phi) is 1.88. The van der Waals surface area contributed by atoms with Crippen LogP contribution in [0.25, 0.3) is 17.5 Å². The van der Waals surface area contributed by atoms with Gasteiger partial charge in [-0.25, -0.2) is 0 Å². The van der Waals surface area contributed by atoms with E-state index in [1.54, 1.807) is 24.8 Å². The lowest BCUT2D eigenvalue weighted by atomic mass is 10.2. The van der Waals surface area contributed by atoms with Crippen LogP contribution in [0.15, 0.2) is 37.3 Å². The third kappa shape index (κ3) is 1.46. The summed E-state index contributed by atoms with van der Waals surface area (Å²) in [6, 6.07) is 3.80. The molecule has 0 aliphatic heterocycles. The molecule has 0 atom stereocenters. The predicted octanol–water partition coefficient (Wildman–Crippen LogP) is 1.44. The number of aromatic nitrogens is 4. The van der Waals surface area contributed by atoms with Crippen molar-refractivity contribution in [3.8, 4) is 11.3 Å². The summed E-state index contributed by atoms with van der Waals surface area (Å²) in [4.78, 5) is 5.41. The molecule has 0 radical (unpaired) electrons. The smallest absolute Gasteiger partial charge is 0.115 e. The summed E-state index contributed by atoms with van der Waals surface area (Å²) in [6.07, 6.45) is 6.69. The van der Waals surface area contributed by atoms with E-state index in [0.717, 1.165) is 11.3 Å². The van der Waals surface area contributed by atoms with Crippen molar-refractivity contribution in [2.75, 3.05) is 0 Å². The van der Waals surface area contributed by atoms with Gasteiger partial charge in [0.15, 0.2) is 0 Å². The van der Waals surface area contributed by atoms with Crippen molar-refractivity contribution >= 4 is 6.20 Å². The second-order valence-electron chi connectivity index (χ2n) is 2.47. The van der Waals surface area contributed by atoms with Crippen molar-refractivity contribution < 1.29 is 0 Å².